The average molecular weight is 293 g/mol. The van der Waals surface area contributed by atoms with Crippen LogP contribution >= 0.6 is 0 Å². The van der Waals surface area contributed by atoms with Crippen molar-refractivity contribution in [3.8, 4) is 11.8 Å². The molecule has 0 radical (unpaired) electrons. The fourth-order valence-corrected chi connectivity index (χ4v) is 1.79. The Bertz CT molecular complexity index is 712. The van der Waals surface area contributed by atoms with Crippen LogP contribution in [0.25, 0.3) is 6.08 Å². The minimum Gasteiger partial charge on any atom is -0.497 e. The standard InChI is InChI=1S/C18H15NO3/c1-21-17-4-2-3-14(11-17)9-10-18(20)22-13-16-7-5-15(12-19)6-8-16/h2-11H,13H2,1H3. The molecule has 4 heteroatoms. The van der Waals surface area contributed by atoms with Crippen molar-refractivity contribution in [2.24, 2.45) is 0 Å². The fourth-order valence-electron chi connectivity index (χ4n) is 1.79. The Balaban J connectivity index is 1.89. The number of methoxy groups -OCH3 is 1. The Morgan fingerprint density at radius 1 is 1.23 bits per heavy atom. The van der Waals surface area contributed by atoms with Crippen LogP contribution in [0.15, 0.2) is 54.6 Å². The van der Waals surface area contributed by atoms with Crippen LogP contribution in [0.3, 0.4) is 0 Å². The monoisotopic (exact) mass is 293 g/mol. The molecule has 0 aliphatic heterocycles. The maximum atomic E-state index is 11.7. The van der Waals surface area contributed by atoms with Crippen molar-refractivity contribution in [3.05, 3.63) is 71.3 Å². The second-order valence-electron chi connectivity index (χ2n) is 4.53. The van der Waals surface area contributed by atoms with Gasteiger partial charge in [0.2, 0.25) is 0 Å². The average Bonchev–Trinajstić information content (AvgIpc) is 2.58. The van der Waals surface area contributed by atoms with Crippen LogP contribution in [0.4, 0.5) is 0 Å². The van der Waals surface area contributed by atoms with Gasteiger partial charge in [-0.2, -0.15) is 5.26 Å². The molecule has 0 unspecified atom stereocenters. The number of ether oxygens (including phenoxy) is 2. The van der Waals surface area contributed by atoms with E-state index in [4.69, 9.17) is 14.7 Å². The van der Waals surface area contributed by atoms with Crippen LogP contribution in [-0.2, 0) is 16.1 Å². The lowest BCUT2D eigenvalue weighted by Gasteiger charge is -2.02. The van der Waals surface area contributed by atoms with Gasteiger partial charge in [-0.25, -0.2) is 4.79 Å². The molecule has 0 atom stereocenters. The summed E-state index contributed by atoms with van der Waals surface area (Å²) in [4.78, 5) is 11.7. The molecule has 0 N–H and O–H groups in total. The van der Waals surface area contributed by atoms with Crippen LogP contribution in [0.5, 0.6) is 5.75 Å². The second kappa shape index (κ2) is 7.65. The summed E-state index contributed by atoms with van der Waals surface area (Å²) in [6.45, 7) is 0.174. The van der Waals surface area contributed by atoms with E-state index in [1.807, 2.05) is 30.3 Å². The number of carbonyl (C=O) groups excluding carboxylic acids is 1. The zero-order valence-corrected chi connectivity index (χ0v) is 12.2. The van der Waals surface area contributed by atoms with Crippen molar-refractivity contribution in [2.75, 3.05) is 7.11 Å². The molecule has 0 fully saturated rings. The Morgan fingerprint density at radius 3 is 2.68 bits per heavy atom. The summed E-state index contributed by atoms with van der Waals surface area (Å²) in [7, 11) is 1.59. The molecule has 0 saturated carbocycles. The number of carbonyl (C=O) groups is 1. The van der Waals surface area contributed by atoms with Gasteiger partial charge in [0.15, 0.2) is 0 Å². The quantitative estimate of drug-likeness (QED) is 0.626. The van der Waals surface area contributed by atoms with Crippen LogP contribution in [-0.4, -0.2) is 13.1 Å². The Labute approximate surface area is 129 Å². The molecule has 2 aromatic rings. The summed E-state index contributed by atoms with van der Waals surface area (Å²) in [6, 6.07) is 16.3. The number of hydrogen-bond acceptors (Lipinski definition) is 4. The first-order chi connectivity index (χ1) is 10.7. The second-order valence-corrected chi connectivity index (χ2v) is 4.53. The minimum absolute atomic E-state index is 0.174. The Hall–Kier alpha value is -3.06. The van der Waals surface area contributed by atoms with Crippen LogP contribution in [0, 0.1) is 11.3 Å². The third-order valence-corrected chi connectivity index (χ3v) is 2.97. The summed E-state index contributed by atoms with van der Waals surface area (Å²) in [5, 5.41) is 8.71. The molecule has 0 aliphatic rings. The maximum absolute atomic E-state index is 11.7. The lowest BCUT2D eigenvalue weighted by Crippen LogP contribution is -2.00. The fraction of sp³-hybridized carbons (Fsp3) is 0.111. The number of benzene rings is 2. The molecular weight excluding hydrogens is 278 g/mol. The predicted molar refractivity (Wildman–Crippen MR) is 83.0 cm³/mol. The highest BCUT2D eigenvalue weighted by Crippen LogP contribution is 2.13. The molecule has 110 valence electrons. The van der Waals surface area contributed by atoms with Crippen LogP contribution in [0.2, 0.25) is 0 Å². The van der Waals surface area contributed by atoms with Gasteiger partial charge in [-0.3, -0.25) is 0 Å². The summed E-state index contributed by atoms with van der Waals surface area (Å²) in [6.07, 6.45) is 3.04. The summed E-state index contributed by atoms with van der Waals surface area (Å²) in [5.74, 6) is 0.306. The third kappa shape index (κ3) is 4.50. The van der Waals surface area contributed by atoms with Crippen LogP contribution < -0.4 is 4.74 Å². The van der Waals surface area contributed by atoms with E-state index in [9.17, 15) is 4.79 Å². The number of nitrogens with zero attached hydrogens (tertiary/aromatic N) is 1. The number of hydrogen-bond donors (Lipinski definition) is 0. The minimum atomic E-state index is -0.424. The van der Waals surface area contributed by atoms with Crippen molar-refractivity contribution in [3.63, 3.8) is 0 Å². The van der Waals surface area contributed by atoms with E-state index in [-0.39, 0.29) is 6.61 Å². The van der Waals surface area contributed by atoms with Gasteiger partial charge in [-0.05, 0) is 41.5 Å². The lowest BCUT2D eigenvalue weighted by atomic mass is 10.2. The zero-order chi connectivity index (χ0) is 15.8. The van der Waals surface area contributed by atoms with E-state index in [1.54, 1.807) is 37.5 Å². The molecule has 0 saturated heterocycles. The van der Waals surface area contributed by atoms with Gasteiger partial charge in [0.05, 0.1) is 18.7 Å². The molecule has 4 nitrogen and oxygen atoms in total. The predicted octanol–water partition coefficient (Wildman–Crippen LogP) is 3.32. The van der Waals surface area contributed by atoms with Gasteiger partial charge in [0.1, 0.15) is 12.4 Å². The Morgan fingerprint density at radius 2 is 2.00 bits per heavy atom. The van der Waals surface area contributed by atoms with E-state index >= 15 is 0 Å². The molecule has 0 bridgehead atoms. The first kappa shape index (κ1) is 15.3. The van der Waals surface area contributed by atoms with E-state index in [0.29, 0.717) is 5.56 Å². The van der Waals surface area contributed by atoms with Crippen molar-refractivity contribution in [1.82, 2.24) is 0 Å². The van der Waals surface area contributed by atoms with Crippen molar-refractivity contribution in [2.45, 2.75) is 6.61 Å². The smallest absolute Gasteiger partial charge is 0.331 e. The van der Waals surface area contributed by atoms with E-state index in [0.717, 1.165) is 16.9 Å². The first-order valence-electron chi connectivity index (χ1n) is 6.69. The molecule has 2 aromatic carbocycles. The Kier molecular flexibility index (Phi) is 5.33. The lowest BCUT2D eigenvalue weighted by molar-refractivity contribution is -0.138. The van der Waals surface area contributed by atoms with Gasteiger partial charge in [-0.1, -0.05) is 24.3 Å². The maximum Gasteiger partial charge on any atom is 0.331 e. The normalized spacial score (nSPS) is 10.2. The number of nitriles is 1. The topological polar surface area (TPSA) is 59.3 Å². The van der Waals surface area contributed by atoms with E-state index in [1.165, 1.54) is 6.08 Å². The zero-order valence-electron chi connectivity index (χ0n) is 12.2. The molecule has 0 heterocycles. The summed E-state index contributed by atoms with van der Waals surface area (Å²) < 4.78 is 10.3. The van der Waals surface area contributed by atoms with Gasteiger partial charge in [-0.15, -0.1) is 0 Å². The van der Waals surface area contributed by atoms with Crippen LogP contribution in [0.1, 0.15) is 16.7 Å². The van der Waals surface area contributed by atoms with Crippen molar-refractivity contribution >= 4 is 12.0 Å². The molecule has 2 rings (SSSR count). The van der Waals surface area contributed by atoms with E-state index < -0.39 is 5.97 Å². The van der Waals surface area contributed by atoms with Crippen molar-refractivity contribution in [1.29, 1.82) is 5.26 Å². The first-order valence-corrected chi connectivity index (χ1v) is 6.69. The van der Waals surface area contributed by atoms with Gasteiger partial charge < -0.3 is 9.47 Å². The third-order valence-electron chi connectivity index (χ3n) is 2.97. The molecule has 0 aliphatic carbocycles. The number of rotatable bonds is 5. The molecule has 0 aromatic heterocycles. The van der Waals surface area contributed by atoms with E-state index in [2.05, 4.69) is 0 Å². The molecule has 0 amide bonds. The summed E-state index contributed by atoms with van der Waals surface area (Å²) in [5.41, 5.74) is 2.27. The molecule has 22 heavy (non-hydrogen) atoms. The van der Waals surface area contributed by atoms with Gasteiger partial charge >= 0.3 is 5.97 Å². The highest BCUT2D eigenvalue weighted by atomic mass is 16.5. The highest BCUT2D eigenvalue weighted by Gasteiger charge is 2.00. The highest BCUT2D eigenvalue weighted by molar-refractivity contribution is 5.87. The largest absolute Gasteiger partial charge is 0.497 e. The SMILES string of the molecule is COc1cccc(C=CC(=O)OCc2ccc(C#N)cc2)c1. The van der Waals surface area contributed by atoms with Crippen molar-refractivity contribution < 1.29 is 14.3 Å². The number of esters is 1. The molecular formula is C18H15NO3. The van der Waals surface area contributed by atoms with Gasteiger partial charge in [0, 0.05) is 6.08 Å². The molecule has 0 spiro atoms. The summed E-state index contributed by atoms with van der Waals surface area (Å²) >= 11 is 0. The van der Waals surface area contributed by atoms with Gasteiger partial charge in [0.25, 0.3) is 0 Å².